The number of hydrogen-bond acceptors (Lipinski definition) is 4. The van der Waals surface area contributed by atoms with Crippen LogP contribution in [0.25, 0.3) is 0 Å². The monoisotopic (exact) mass is 275 g/mol. The van der Waals surface area contributed by atoms with Gasteiger partial charge in [0.2, 0.25) is 0 Å². The SMILES string of the molecule is CC(C)Cn1nnc(C(=O)O)c1COc1ccccc1. The average Bonchev–Trinajstić information content (AvgIpc) is 2.80. The molecule has 1 aromatic carbocycles. The molecule has 0 saturated heterocycles. The maximum absolute atomic E-state index is 11.2. The van der Waals surface area contributed by atoms with Crippen molar-refractivity contribution < 1.29 is 14.6 Å². The number of benzene rings is 1. The van der Waals surface area contributed by atoms with E-state index in [9.17, 15) is 4.79 Å². The van der Waals surface area contributed by atoms with Gasteiger partial charge in [-0.05, 0) is 18.1 Å². The van der Waals surface area contributed by atoms with Crippen LogP contribution in [0.3, 0.4) is 0 Å². The van der Waals surface area contributed by atoms with Crippen LogP contribution in [0.2, 0.25) is 0 Å². The van der Waals surface area contributed by atoms with Gasteiger partial charge in [-0.25, -0.2) is 9.48 Å². The van der Waals surface area contributed by atoms with Gasteiger partial charge in [0, 0.05) is 6.54 Å². The second kappa shape index (κ2) is 6.18. The summed E-state index contributed by atoms with van der Waals surface area (Å²) in [6, 6.07) is 9.24. The van der Waals surface area contributed by atoms with Crippen LogP contribution in [0.4, 0.5) is 0 Å². The number of aromatic nitrogens is 3. The van der Waals surface area contributed by atoms with Crippen LogP contribution in [0, 0.1) is 5.92 Å². The van der Waals surface area contributed by atoms with Crippen LogP contribution in [-0.4, -0.2) is 26.1 Å². The highest BCUT2D eigenvalue weighted by atomic mass is 16.5. The van der Waals surface area contributed by atoms with Gasteiger partial charge in [-0.15, -0.1) is 5.10 Å². The van der Waals surface area contributed by atoms with Crippen molar-refractivity contribution in [2.24, 2.45) is 5.92 Å². The van der Waals surface area contributed by atoms with Crippen LogP contribution >= 0.6 is 0 Å². The Morgan fingerprint density at radius 2 is 2.05 bits per heavy atom. The van der Waals surface area contributed by atoms with Crippen molar-refractivity contribution in [3.05, 3.63) is 41.7 Å². The predicted octanol–water partition coefficient (Wildman–Crippen LogP) is 2.21. The van der Waals surface area contributed by atoms with Gasteiger partial charge in [0.15, 0.2) is 5.69 Å². The highest BCUT2D eigenvalue weighted by molar-refractivity contribution is 5.86. The Labute approximate surface area is 117 Å². The molecular formula is C14H17N3O3. The molecule has 6 nitrogen and oxygen atoms in total. The van der Waals surface area contributed by atoms with Gasteiger partial charge in [-0.2, -0.15) is 0 Å². The molecule has 0 unspecified atom stereocenters. The highest BCUT2D eigenvalue weighted by Crippen LogP contribution is 2.14. The molecule has 106 valence electrons. The lowest BCUT2D eigenvalue weighted by molar-refractivity contribution is 0.0687. The van der Waals surface area contributed by atoms with E-state index in [1.165, 1.54) is 0 Å². The third-order valence-electron chi connectivity index (χ3n) is 2.70. The van der Waals surface area contributed by atoms with E-state index >= 15 is 0 Å². The van der Waals surface area contributed by atoms with Crippen molar-refractivity contribution in [1.82, 2.24) is 15.0 Å². The predicted molar refractivity (Wildman–Crippen MR) is 72.6 cm³/mol. The maximum atomic E-state index is 11.2. The lowest BCUT2D eigenvalue weighted by Gasteiger charge is -2.10. The smallest absolute Gasteiger partial charge is 0.358 e. The van der Waals surface area contributed by atoms with Gasteiger partial charge in [0.1, 0.15) is 18.1 Å². The molecule has 0 atom stereocenters. The molecule has 2 aromatic rings. The standard InChI is InChI=1S/C14H17N3O3/c1-10(2)8-17-12(13(14(18)19)15-16-17)9-20-11-6-4-3-5-7-11/h3-7,10H,8-9H2,1-2H3,(H,18,19). The molecule has 2 rings (SSSR count). The van der Waals surface area contributed by atoms with Crippen LogP contribution in [-0.2, 0) is 13.2 Å². The molecule has 1 aromatic heterocycles. The number of rotatable bonds is 6. The van der Waals surface area contributed by atoms with Crippen molar-refractivity contribution in [3.8, 4) is 5.75 Å². The number of ether oxygens (including phenoxy) is 1. The number of carboxylic acid groups (broad SMARTS) is 1. The van der Waals surface area contributed by atoms with Crippen LogP contribution < -0.4 is 4.74 Å². The summed E-state index contributed by atoms with van der Waals surface area (Å²) in [6.07, 6.45) is 0. The molecule has 0 aliphatic heterocycles. The average molecular weight is 275 g/mol. The largest absolute Gasteiger partial charge is 0.487 e. The minimum absolute atomic E-state index is 0.0541. The van der Waals surface area contributed by atoms with Crippen molar-refractivity contribution in [1.29, 1.82) is 0 Å². The number of para-hydroxylation sites is 1. The molecule has 0 amide bonds. The number of carboxylic acids is 1. The van der Waals surface area contributed by atoms with E-state index in [4.69, 9.17) is 9.84 Å². The number of carbonyl (C=O) groups is 1. The lowest BCUT2D eigenvalue weighted by Crippen LogP contribution is -2.14. The Morgan fingerprint density at radius 3 is 2.65 bits per heavy atom. The lowest BCUT2D eigenvalue weighted by atomic mass is 10.2. The molecular weight excluding hydrogens is 258 g/mol. The number of nitrogens with zero attached hydrogens (tertiary/aromatic N) is 3. The molecule has 0 bridgehead atoms. The summed E-state index contributed by atoms with van der Waals surface area (Å²) in [5, 5.41) is 16.7. The second-order valence-corrected chi connectivity index (χ2v) is 4.87. The summed E-state index contributed by atoms with van der Waals surface area (Å²) >= 11 is 0. The molecule has 0 aliphatic rings. The van der Waals surface area contributed by atoms with E-state index < -0.39 is 5.97 Å². The molecule has 0 radical (unpaired) electrons. The molecule has 0 saturated carbocycles. The first-order valence-electron chi connectivity index (χ1n) is 6.41. The zero-order valence-electron chi connectivity index (χ0n) is 11.5. The van der Waals surface area contributed by atoms with Gasteiger partial charge in [-0.1, -0.05) is 37.3 Å². The van der Waals surface area contributed by atoms with E-state index in [0.717, 1.165) is 0 Å². The summed E-state index contributed by atoms with van der Waals surface area (Å²) in [4.78, 5) is 11.2. The first-order valence-corrected chi connectivity index (χ1v) is 6.41. The maximum Gasteiger partial charge on any atom is 0.358 e. The fourth-order valence-electron chi connectivity index (χ4n) is 1.80. The Bertz CT molecular complexity index is 579. The zero-order valence-corrected chi connectivity index (χ0v) is 11.5. The van der Waals surface area contributed by atoms with Gasteiger partial charge in [-0.3, -0.25) is 0 Å². The molecule has 0 aliphatic carbocycles. The zero-order chi connectivity index (χ0) is 14.5. The fraction of sp³-hybridized carbons (Fsp3) is 0.357. The van der Waals surface area contributed by atoms with Crippen molar-refractivity contribution in [2.45, 2.75) is 27.0 Å². The second-order valence-electron chi connectivity index (χ2n) is 4.87. The van der Waals surface area contributed by atoms with Gasteiger partial charge < -0.3 is 9.84 Å². The molecule has 0 spiro atoms. The minimum Gasteiger partial charge on any atom is -0.487 e. The van der Waals surface area contributed by atoms with Gasteiger partial charge >= 0.3 is 5.97 Å². The topological polar surface area (TPSA) is 77.2 Å². The highest BCUT2D eigenvalue weighted by Gasteiger charge is 2.19. The Balaban J connectivity index is 2.19. The number of hydrogen-bond donors (Lipinski definition) is 1. The van der Waals surface area contributed by atoms with Crippen molar-refractivity contribution in [3.63, 3.8) is 0 Å². The molecule has 20 heavy (non-hydrogen) atoms. The fourth-order valence-corrected chi connectivity index (χ4v) is 1.80. The summed E-state index contributed by atoms with van der Waals surface area (Å²) in [6.45, 7) is 4.80. The van der Waals surface area contributed by atoms with Crippen LogP contribution in [0.5, 0.6) is 5.75 Å². The summed E-state index contributed by atoms with van der Waals surface area (Å²) in [7, 11) is 0. The van der Waals surface area contributed by atoms with Crippen LogP contribution in [0.1, 0.15) is 30.0 Å². The Morgan fingerprint density at radius 1 is 1.35 bits per heavy atom. The third-order valence-corrected chi connectivity index (χ3v) is 2.70. The van der Waals surface area contributed by atoms with Gasteiger partial charge in [0.05, 0.1) is 0 Å². The quantitative estimate of drug-likeness (QED) is 0.874. The minimum atomic E-state index is -1.09. The first-order chi connectivity index (χ1) is 9.58. The van der Waals surface area contributed by atoms with Gasteiger partial charge in [0.25, 0.3) is 0 Å². The summed E-state index contributed by atoms with van der Waals surface area (Å²) in [5.74, 6) is -0.0679. The number of aromatic carboxylic acids is 1. The van der Waals surface area contributed by atoms with Crippen molar-refractivity contribution >= 4 is 5.97 Å². The molecule has 6 heteroatoms. The van der Waals surface area contributed by atoms with E-state index in [2.05, 4.69) is 10.3 Å². The third kappa shape index (κ3) is 3.34. The Kier molecular flexibility index (Phi) is 4.34. The molecule has 1 N–H and O–H groups in total. The van der Waals surface area contributed by atoms with E-state index in [1.54, 1.807) is 4.68 Å². The first kappa shape index (κ1) is 14.0. The van der Waals surface area contributed by atoms with Crippen LogP contribution in [0.15, 0.2) is 30.3 Å². The van der Waals surface area contributed by atoms with E-state index in [1.807, 2.05) is 44.2 Å². The van der Waals surface area contributed by atoms with E-state index in [0.29, 0.717) is 23.9 Å². The Hall–Kier alpha value is -2.37. The molecule has 1 heterocycles. The normalized spacial score (nSPS) is 10.8. The summed E-state index contributed by atoms with van der Waals surface area (Å²) in [5.41, 5.74) is 0.427. The summed E-state index contributed by atoms with van der Waals surface area (Å²) < 4.78 is 7.19. The van der Waals surface area contributed by atoms with Crippen molar-refractivity contribution in [2.75, 3.05) is 0 Å². The molecule has 0 fully saturated rings. The van der Waals surface area contributed by atoms with E-state index in [-0.39, 0.29) is 12.3 Å².